The molecule has 1 aliphatic heterocycles. The van der Waals surface area contributed by atoms with Gasteiger partial charge >= 0.3 is 0 Å². The Morgan fingerprint density at radius 2 is 1.93 bits per heavy atom. The quantitative estimate of drug-likeness (QED) is 0.886. The van der Waals surface area contributed by atoms with Gasteiger partial charge in [-0.05, 0) is 57.2 Å². The lowest BCUT2D eigenvalue weighted by Gasteiger charge is -2.29. The third-order valence-corrected chi connectivity index (χ3v) is 5.69. The number of amides is 2. The second-order valence-electron chi connectivity index (χ2n) is 7.77. The van der Waals surface area contributed by atoms with E-state index in [0.29, 0.717) is 31.9 Å². The number of hydrogen-bond donors (Lipinski definition) is 1. The van der Waals surface area contributed by atoms with Crippen LogP contribution < -0.4 is 5.32 Å². The summed E-state index contributed by atoms with van der Waals surface area (Å²) in [6, 6.07) is 5.47. The number of pyridine rings is 1. The fourth-order valence-corrected chi connectivity index (χ4v) is 4.19. The largest absolute Gasteiger partial charge is 0.378 e. The molecule has 1 aliphatic carbocycles. The lowest BCUT2D eigenvalue weighted by Crippen LogP contribution is -2.50. The van der Waals surface area contributed by atoms with Crippen molar-refractivity contribution in [3.8, 4) is 0 Å². The smallest absolute Gasteiger partial charge is 0.252 e. The number of benzene rings is 1. The highest BCUT2D eigenvalue weighted by atomic mass is 16.5. The van der Waals surface area contributed by atoms with E-state index in [-0.39, 0.29) is 11.8 Å². The molecule has 1 N–H and O–H groups in total. The fraction of sp³-hybridized carbons (Fsp3) is 0.500. The minimum atomic E-state index is -0.571. The molecule has 0 saturated carbocycles. The number of fused-ring (bicyclic) bond motifs is 2. The third kappa shape index (κ3) is 3.61. The maximum Gasteiger partial charge on any atom is 0.252 e. The van der Waals surface area contributed by atoms with Gasteiger partial charge in [0.05, 0.1) is 24.3 Å². The summed E-state index contributed by atoms with van der Waals surface area (Å²) in [4.78, 5) is 32.6. The zero-order chi connectivity index (χ0) is 19.7. The first-order chi connectivity index (χ1) is 13.5. The van der Waals surface area contributed by atoms with Gasteiger partial charge in [0, 0.05) is 24.2 Å². The predicted molar refractivity (Wildman–Crippen MR) is 107 cm³/mol. The molecule has 0 bridgehead atoms. The number of nitrogens with one attached hydrogen (secondary N) is 1. The zero-order valence-electron chi connectivity index (χ0n) is 16.6. The molecule has 4 rings (SSSR count). The Morgan fingerprint density at radius 3 is 2.71 bits per heavy atom. The number of carbonyl (C=O) groups is 2. The Labute approximate surface area is 165 Å². The first-order valence-electron chi connectivity index (χ1n) is 10.1. The van der Waals surface area contributed by atoms with Gasteiger partial charge in [-0.15, -0.1) is 0 Å². The van der Waals surface area contributed by atoms with E-state index in [1.54, 1.807) is 11.8 Å². The number of hydrogen-bond acceptors (Lipinski definition) is 4. The standard InChI is InChI=1S/C22H27N3O3/c1-14-7-8-19-17(13-14)20(16-5-3-4-6-18(16)24-19)21(26)23-15(2)22(27)25-9-11-28-12-10-25/h7-8,13,15H,3-6,9-12H2,1-2H3,(H,23,26)/t15-/m0/s1. The zero-order valence-corrected chi connectivity index (χ0v) is 16.6. The highest BCUT2D eigenvalue weighted by Gasteiger charge is 2.27. The Balaban J connectivity index is 1.66. The number of rotatable bonds is 3. The number of aryl methyl sites for hydroxylation is 2. The van der Waals surface area contributed by atoms with Crippen LogP contribution in [0, 0.1) is 6.92 Å². The van der Waals surface area contributed by atoms with Gasteiger partial charge in [0.2, 0.25) is 5.91 Å². The molecule has 0 radical (unpaired) electrons. The van der Waals surface area contributed by atoms with Gasteiger partial charge in [0.1, 0.15) is 6.04 Å². The van der Waals surface area contributed by atoms with E-state index in [9.17, 15) is 9.59 Å². The van der Waals surface area contributed by atoms with Crippen molar-refractivity contribution in [3.63, 3.8) is 0 Å². The van der Waals surface area contributed by atoms with Crippen molar-refractivity contribution in [2.24, 2.45) is 0 Å². The molecule has 1 atom stereocenters. The van der Waals surface area contributed by atoms with E-state index in [1.165, 1.54) is 0 Å². The molecule has 2 heterocycles. The van der Waals surface area contributed by atoms with E-state index in [1.807, 2.05) is 25.1 Å². The molecule has 2 aromatic rings. The lowest BCUT2D eigenvalue weighted by atomic mass is 9.89. The Hall–Kier alpha value is -2.47. The summed E-state index contributed by atoms with van der Waals surface area (Å²) in [7, 11) is 0. The average molecular weight is 381 g/mol. The van der Waals surface area contributed by atoms with Gasteiger partial charge in [-0.1, -0.05) is 11.6 Å². The van der Waals surface area contributed by atoms with Gasteiger partial charge in [0.15, 0.2) is 0 Å². The van der Waals surface area contributed by atoms with Crippen molar-refractivity contribution in [1.29, 1.82) is 0 Å². The summed E-state index contributed by atoms with van der Waals surface area (Å²) in [5, 5.41) is 3.84. The van der Waals surface area contributed by atoms with Crippen LogP contribution in [-0.4, -0.2) is 54.0 Å². The maximum atomic E-state index is 13.3. The molecule has 1 saturated heterocycles. The van der Waals surface area contributed by atoms with Gasteiger partial charge in [-0.3, -0.25) is 14.6 Å². The van der Waals surface area contributed by atoms with Crippen molar-refractivity contribution < 1.29 is 14.3 Å². The number of carbonyl (C=O) groups excluding carboxylic acids is 2. The molecule has 148 valence electrons. The second-order valence-corrected chi connectivity index (χ2v) is 7.77. The van der Waals surface area contributed by atoms with Crippen molar-refractivity contribution >= 4 is 22.7 Å². The molecule has 1 fully saturated rings. The van der Waals surface area contributed by atoms with Crippen LogP contribution in [-0.2, 0) is 22.4 Å². The van der Waals surface area contributed by atoms with E-state index >= 15 is 0 Å². The van der Waals surface area contributed by atoms with Crippen molar-refractivity contribution in [2.75, 3.05) is 26.3 Å². The maximum absolute atomic E-state index is 13.3. The summed E-state index contributed by atoms with van der Waals surface area (Å²) in [6.07, 6.45) is 3.93. The van der Waals surface area contributed by atoms with Crippen molar-refractivity contribution in [1.82, 2.24) is 15.2 Å². The molecule has 2 aliphatic rings. The molecule has 0 spiro atoms. The van der Waals surface area contributed by atoms with E-state index in [0.717, 1.165) is 53.4 Å². The molecule has 6 nitrogen and oxygen atoms in total. The first kappa shape index (κ1) is 18.9. The lowest BCUT2D eigenvalue weighted by molar-refractivity contribution is -0.136. The molecule has 0 unspecified atom stereocenters. The molecule has 2 amide bonds. The molecule has 6 heteroatoms. The van der Waals surface area contributed by atoms with Gasteiger partial charge in [0.25, 0.3) is 5.91 Å². The molecular formula is C22H27N3O3. The summed E-state index contributed by atoms with van der Waals surface area (Å²) >= 11 is 0. The summed E-state index contributed by atoms with van der Waals surface area (Å²) in [6.45, 7) is 6.03. The van der Waals surface area contributed by atoms with E-state index in [2.05, 4.69) is 5.32 Å². The number of morpholine rings is 1. The Kier molecular flexibility index (Phi) is 5.31. The van der Waals surface area contributed by atoms with E-state index < -0.39 is 6.04 Å². The molecule has 28 heavy (non-hydrogen) atoms. The van der Waals surface area contributed by atoms with Gasteiger partial charge in [-0.25, -0.2) is 0 Å². The first-order valence-corrected chi connectivity index (χ1v) is 10.1. The Morgan fingerprint density at radius 1 is 1.18 bits per heavy atom. The fourth-order valence-electron chi connectivity index (χ4n) is 4.19. The van der Waals surface area contributed by atoms with Crippen LogP contribution in [0.25, 0.3) is 10.9 Å². The minimum Gasteiger partial charge on any atom is -0.378 e. The number of aromatic nitrogens is 1. The van der Waals surface area contributed by atoms with Gasteiger partial charge < -0.3 is 15.0 Å². The number of nitrogens with zero attached hydrogens (tertiary/aromatic N) is 2. The van der Waals surface area contributed by atoms with Crippen LogP contribution in [0.1, 0.15) is 46.9 Å². The van der Waals surface area contributed by atoms with Crippen LogP contribution in [0.4, 0.5) is 0 Å². The predicted octanol–water partition coefficient (Wildman–Crippen LogP) is 2.40. The van der Waals surface area contributed by atoms with Crippen LogP contribution in [0.3, 0.4) is 0 Å². The van der Waals surface area contributed by atoms with E-state index in [4.69, 9.17) is 9.72 Å². The number of ether oxygens (including phenoxy) is 1. The normalized spacial score (nSPS) is 17.9. The minimum absolute atomic E-state index is 0.0555. The highest BCUT2D eigenvalue weighted by Crippen LogP contribution is 2.30. The summed E-state index contributed by atoms with van der Waals surface area (Å²) in [5.41, 5.74) is 4.72. The SMILES string of the molecule is Cc1ccc2nc3c(c(C(=O)N[C@@H](C)C(=O)N4CCOCC4)c2c1)CCCC3. The van der Waals surface area contributed by atoms with Crippen molar-refractivity contribution in [3.05, 3.63) is 40.6 Å². The van der Waals surface area contributed by atoms with Gasteiger partial charge in [-0.2, -0.15) is 0 Å². The highest BCUT2D eigenvalue weighted by molar-refractivity contribution is 6.09. The average Bonchev–Trinajstić information content (AvgIpc) is 2.72. The van der Waals surface area contributed by atoms with Crippen molar-refractivity contribution in [2.45, 2.75) is 45.6 Å². The molecular weight excluding hydrogens is 354 g/mol. The van der Waals surface area contributed by atoms with Crippen LogP contribution in [0.2, 0.25) is 0 Å². The van der Waals surface area contributed by atoms with Crippen LogP contribution >= 0.6 is 0 Å². The summed E-state index contributed by atoms with van der Waals surface area (Å²) < 4.78 is 5.31. The topological polar surface area (TPSA) is 71.5 Å². The Bertz CT molecular complexity index is 919. The second kappa shape index (κ2) is 7.87. The van der Waals surface area contributed by atoms with Crippen LogP contribution in [0.15, 0.2) is 18.2 Å². The third-order valence-electron chi connectivity index (χ3n) is 5.69. The monoisotopic (exact) mass is 381 g/mol. The van der Waals surface area contributed by atoms with Crippen LogP contribution in [0.5, 0.6) is 0 Å². The summed E-state index contributed by atoms with van der Waals surface area (Å²) in [5.74, 6) is -0.231. The molecule has 1 aromatic carbocycles. The molecule has 1 aromatic heterocycles.